The molecule has 0 atom stereocenters. The van der Waals surface area contributed by atoms with Crippen LogP contribution in [0.2, 0.25) is 5.02 Å². The molecule has 16 heavy (non-hydrogen) atoms. The number of H-pyrrole nitrogens is 1. The van der Waals surface area contributed by atoms with Crippen molar-refractivity contribution in [2.24, 2.45) is 0 Å². The minimum atomic E-state index is -1.03. The first-order valence-electron chi connectivity index (χ1n) is 4.80. The van der Waals surface area contributed by atoms with Crippen LogP contribution in [0.5, 0.6) is 5.88 Å². The number of carboxylic acid groups (broad SMARTS) is 1. The highest BCUT2D eigenvalue weighted by Gasteiger charge is 2.18. The number of halogens is 1. The van der Waals surface area contributed by atoms with Crippen molar-refractivity contribution in [1.29, 1.82) is 0 Å². The Morgan fingerprint density at radius 3 is 2.94 bits per heavy atom. The molecule has 1 aromatic heterocycles. The second-order valence-electron chi connectivity index (χ2n) is 3.26. The summed E-state index contributed by atoms with van der Waals surface area (Å²) in [6, 6.07) is 5.04. The van der Waals surface area contributed by atoms with Gasteiger partial charge in [-0.2, -0.15) is 0 Å². The van der Waals surface area contributed by atoms with Crippen molar-refractivity contribution >= 4 is 28.5 Å². The van der Waals surface area contributed by atoms with Crippen molar-refractivity contribution in [1.82, 2.24) is 4.98 Å². The molecule has 2 N–H and O–H groups in total. The number of fused-ring (bicyclic) bond motifs is 1. The van der Waals surface area contributed by atoms with Gasteiger partial charge in [-0.3, -0.25) is 0 Å². The van der Waals surface area contributed by atoms with Crippen LogP contribution >= 0.6 is 11.6 Å². The van der Waals surface area contributed by atoms with Crippen LogP contribution in [0.1, 0.15) is 17.3 Å². The Labute approximate surface area is 96.8 Å². The molecule has 0 saturated carbocycles. The van der Waals surface area contributed by atoms with Crippen LogP contribution in [-0.2, 0) is 0 Å². The molecule has 4 nitrogen and oxygen atoms in total. The SMILES string of the molecule is CCOc1[nH]c2ccc(Cl)cc2c1C(=O)O. The molecule has 0 amide bonds. The topological polar surface area (TPSA) is 62.3 Å². The lowest BCUT2D eigenvalue weighted by molar-refractivity contribution is 0.0694. The molecule has 84 valence electrons. The van der Waals surface area contributed by atoms with E-state index in [1.807, 2.05) is 0 Å². The third-order valence-electron chi connectivity index (χ3n) is 2.23. The van der Waals surface area contributed by atoms with Crippen molar-refractivity contribution in [2.45, 2.75) is 6.92 Å². The lowest BCUT2D eigenvalue weighted by atomic mass is 10.2. The first kappa shape index (κ1) is 10.8. The van der Waals surface area contributed by atoms with Crippen LogP contribution in [0.4, 0.5) is 0 Å². The van der Waals surface area contributed by atoms with Crippen LogP contribution in [0.25, 0.3) is 10.9 Å². The van der Waals surface area contributed by atoms with E-state index in [-0.39, 0.29) is 11.4 Å². The Balaban J connectivity index is 2.72. The number of hydrogen-bond donors (Lipinski definition) is 2. The van der Waals surface area contributed by atoms with Gasteiger partial charge in [0.25, 0.3) is 0 Å². The largest absolute Gasteiger partial charge is 0.479 e. The molecule has 2 aromatic rings. The monoisotopic (exact) mass is 239 g/mol. The van der Waals surface area contributed by atoms with E-state index in [0.29, 0.717) is 22.5 Å². The lowest BCUT2D eigenvalue weighted by Crippen LogP contribution is -2.00. The van der Waals surface area contributed by atoms with Crippen LogP contribution < -0.4 is 4.74 Å². The molecule has 0 unspecified atom stereocenters. The average molecular weight is 240 g/mol. The Hall–Kier alpha value is -1.68. The normalized spacial score (nSPS) is 10.6. The summed E-state index contributed by atoms with van der Waals surface area (Å²) < 4.78 is 5.24. The van der Waals surface area contributed by atoms with E-state index in [4.69, 9.17) is 21.4 Å². The third kappa shape index (κ3) is 1.72. The Kier molecular flexibility index (Phi) is 2.75. The first-order valence-corrected chi connectivity index (χ1v) is 5.18. The summed E-state index contributed by atoms with van der Waals surface area (Å²) in [6.45, 7) is 2.20. The van der Waals surface area contributed by atoms with E-state index in [0.717, 1.165) is 0 Å². The van der Waals surface area contributed by atoms with Gasteiger partial charge in [0.2, 0.25) is 5.88 Å². The summed E-state index contributed by atoms with van der Waals surface area (Å²) in [6.07, 6.45) is 0. The van der Waals surface area contributed by atoms with Crippen molar-refractivity contribution in [2.75, 3.05) is 6.61 Å². The summed E-state index contributed by atoms with van der Waals surface area (Å²) in [5.41, 5.74) is 0.824. The van der Waals surface area contributed by atoms with Crippen LogP contribution in [0, 0.1) is 0 Å². The summed E-state index contributed by atoms with van der Waals surface area (Å²) in [4.78, 5) is 14.1. The molecule has 0 bridgehead atoms. The minimum absolute atomic E-state index is 0.124. The number of aromatic amines is 1. The van der Waals surface area contributed by atoms with Crippen molar-refractivity contribution < 1.29 is 14.6 Å². The van der Waals surface area contributed by atoms with E-state index < -0.39 is 5.97 Å². The number of nitrogens with one attached hydrogen (secondary N) is 1. The van der Waals surface area contributed by atoms with Gasteiger partial charge in [0.1, 0.15) is 5.56 Å². The molecule has 0 aliphatic carbocycles. The second kappa shape index (κ2) is 4.06. The van der Waals surface area contributed by atoms with E-state index in [9.17, 15) is 4.79 Å². The summed E-state index contributed by atoms with van der Waals surface area (Å²) >= 11 is 5.83. The molecule has 1 heterocycles. The van der Waals surface area contributed by atoms with Crippen molar-refractivity contribution in [3.63, 3.8) is 0 Å². The summed E-state index contributed by atoms with van der Waals surface area (Å²) in [5.74, 6) is -0.760. The van der Waals surface area contributed by atoms with E-state index in [2.05, 4.69) is 4.98 Å². The number of rotatable bonds is 3. The molecule has 5 heteroatoms. The van der Waals surface area contributed by atoms with E-state index in [1.54, 1.807) is 25.1 Å². The lowest BCUT2D eigenvalue weighted by Gasteiger charge is -2.00. The van der Waals surface area contributed by atoms with E-state index in [1.165, 1.54) is 0 Å². The van der Waals surface area contributed by atoms with Gasteiger partial charge >= 0.3 is 5.97 Å². The second-order valence-corrected chi connectivity index (χ2v) is 3.69. The molecular weight excluding hydrogens is 230 g/mol. The molecule has 0 aliphatic heterocycles. The highest BCUT2D eigenvalue weighted by Crippen LogP contribution is 2.30. The average Bonchev–Trinajstić information content (AvgIpc) is 2.55. The van der Waals surface area contributed by atoms with Gasteiger partial charge < -0.3 is 14.8 Å². The Morgan fingerprint density at radius 2 is 2.31 bits per heavy atom. The number of ether oxygens (including phenoxy) is 1. The van der Waals surface area contributed by atoms with Gasteiger partial charge in [-0.1, -0.05) is 11.6 Å². The van der Waals surface area contributed by atoms with Gasteiger partial charge in [-0.15, -0.1) is 0 Å². The number of aromatic nitrogens is 1. The summed E-state index contributed by atoms with van der Waals surface area (Å²) in [7, 11) is 0. The quantitative estimate of drug-likeness (QED) is 0.866. The van der Waals surface area contributed by atoms with Gasteiger partial charge in [-0.05, 0) is 25.1 Å². The standard InChI is InChI=1S/C11H10ClNO3/c1-2-16-10-9(11(14)15)7-5-6(12)3-4-8(7)13-10/h3-5,13H,2H2,1H3,(H,14,15). The molecule has 0 spiro atoms. The van der Waals surface area contributed by atoms with Gasteiger partial charge in [0.05, 0.1) is 6.61 Å². The smallest absolute Gasteiger partial charge is 0.341 e. The van der Waals surface area contributed by atoms with Gasteiger partial charge in [0.15, 0.2) is 0 Å². The molecule has 0 fully saturated rings. The maximum Gasteiger partial charge on any atom is 0.341 e. The van der Waals surface area contributed by atoms with E-state index >= 15 is 0 Å². The zero-order valence-corrected chi connectivity index (χ0v) is 9.34. The molecule has 0 saturated heterocycles. The Morgan fingerprint density at radius 1 is 1.56 bits per heavy atom. The van der Waals surface area contributed by atoms with Crippen LogP contribution in [0.15, 0.2) is 18.2 Å². The highest BCUT2D eigenvalue weighted by molar-refractivity contribution is 6.31. The fourth-order valence-electron chi connectivity index (χ4n) is 1.60. The molecule has 2 rings (SSSR count). The summed E-state index contributed by atoms with van der Waals surface area (Å²) in [5, 5.41) is 10.2. The maximum absolute atomic E-state index is 11.1. The molecule has 0 radical (unpaired) electrons. The van der Waals surface area contributed by atoms with Gasteiger partial charge in [0, 0.05) is 15.9 Å². The predicted octanol–water partition coefficient (Wildman–Crippen LogP) is 2.92. The molecule has 0 aliphatic rings. The highest BCUT2D eigenvalue weighted by atomic mass is 35.5. The minimum Gasteiger partial charge on any atom is -0.479 e. The first-order chi connectivity index (χ1) is 7.63. The van der Waals surface area contributed by atoms with Crippen LogP contribution in [0.3, 0.4) is 0 Å². The van der Waals surface area contributed by atoms with Crippen molar-refractivity contribution in [3.8, 4) is 5.88 Å². The number of benzene rings is 1. The van der Waals surface area contributed by atoms with Crippen LogP contribution in [-0.4, -0.2) is 22.7 Å². The zero-order chi connectivity index (χ0) is 11.7. The Bertz CT molecular complexity index is 547. The fourth-order valence-corrected chi connectivity index (χ4v) is 1.78. The molecule has 1 aromatic carbocycles. The van der Waals surface area contributed by atoms with Crippen molar-refractivity contribution in [3.05, 3.63) is 28.8 Å². The fraction of sp³-hybridized carbons (Fsp3) is 0.182. The number of aromatic carboxylic acids is 1. The van der Waals surface area contributed by atoms with Gasteiger partial charge in [-0.25, -0.2) is 4.79 Å². The predicted molar refractivity (Wildman–Crippen MR) is 61.4 cm³/mol. The third-order valence-corrected chi connectivity index (χ3v) is 2.46. The number of hydrogen-bond acceptors (Lipinski definition) is 2. The maximum atomic E-state index is 11.1. The number of carbonyl (C=O) groups is 1. The zero-order valence-electron chi connectivity index (χ0n) is 8.58. The molecular formula is C11H10ClNO3. The number of carboxylic acids is 1.